The van der Waals surface area contributed by atoms with Crippen LogP contribution in [-0.4, -0.2) is 64.8 Å². The Kier molecular flexibility index (Phi) is 11.0. The van der Waals surface area contributed by atoms with Crippen LogP contribution in [0.25, 0.3) is 0 Å². The highest BCUT2D eigenvalue weighted by Crippen LogP contribution is 2.49. The number of hydrogen-bond donors (Lipinski definition) is 0. The molecule has 0 spiro atoms. The molecule has 1 aliphatic rings. The van der Waals surface area contributed by atoms with Gasteiger partial charge in [-0.05, 0) is 45.8 Å². The van der Waals surface area contributed by atoms with Crippen LogP contribution in [0.2, 0.25) is 18.1 Å². The predicted octanol–water partition coefficient (Wildman–Crippen LogP) is 4.92. The van der Waals surface area contributed by atoms with Gasteiger partial charge in [-0.2, -0.15) is 0 Å². The molecule has 1 fully saturated rings. The van der Waals surface area contributed by atoms with E-state index in [1.54, 1.807) is 7.11 Å². The van der Waals surface area contributed by atoms with E-state index in [0.717, 1.165) is 18.1 Å². The molecule has 0 aromatic rings. The molecule has 1 aliphatic heterocycles. The largest absolute Gasteiger partial charge is 0.414 e. The van der Waals surface area contributed by atoms with E-state index in [9.17, 15) is 0 Å². The van der Waals surface area contributed by atoms with Gasteiger partial charge in [-0.25, -0.2) is 4.67 Å². The summed E-state index contributed by atoms with van der Waals surface area (Å²) in [4.78, 5) is 0. The van der Waals surface area contributed by atoms with Gasteiger partial charge in [0.05, 0.1) is 12.7 Å². The van der Waals surface area contributed by atoms with Crippen molar-refractivity contribution >= 4 is 24.7 Å². The number of rotatable bonds is 12. The van der Waals surface area contributed by atoms with Gasteiger partial charge in [0, 0.05) is 31.1 Å². The fourth-order valence-corrected chi connectivity index (χ4v) is 8.12. The Morgan fingerprint density at radius 1 is 1.07 bits per heavy atom. The lowest BCUT2D eigenvalue weighted by atomic mass is 9.86. The van der Waals surface area contributed by atoms with Crippen molar-refractivity contribution in [2.45, 2.75) is 104 Å². The highest BCUT2D eigenvalue weighted by Gasteiger charge is 2.44. The van der Waals surface area contributed by atoms with E-state index in [1.807, 2.05) is 0 Å². The van der Waals surface area contributed by atoms with E-state index in [-0.39, 0.29) is 24.1 Å². The van der Waals surface area contributed by atoms with Crippen molar-refractivity contribution < 1.29 is 18.2 Å². The van der Waals surface area contributed by atoms with Gasteiger partial charge in [-0.3, -0.25) is 0 Å². The normalized spacial score (nSPS) is 27.9. The van der Waals surface area contributed by atoms with Crippen molar-refractivity contribution in [3.8, 4) is 0 Å². The maximum atomic E-state index is 6.51. The first-order valence-corrected chi connectivity index (χ1v) is 14.2. The van der Waals surface area contributed by atoms with Crippen LogP contribution in [0.1, 0.15) is 55.4 Å². The monoisotopic (exact) mass is 417 g/mol. The third-order valence-electron chi connectivity index (χ3n) is 5.84. The van der Waals surface area contributed by atoms with E-state index >= 15 is 0 Å². The van der Waals surface area contributed by atoms with Gasteiger partial charge in [0.25, 0.3) is 8.53 Å². The van der Waals surface area contributed by atoms with Crippen LogP contribution in [0.5, 0.6) is 0 Å². The molecule has 5 nitrogen and oxygen atoms in total. The van der Waals surface area contributed by atoms with Crippen molar-refractivity contribution in [1.82, 2.24) is 4.67 Å². The highest BCUT2D eigenvalue weighted by molar-refractivity contribution is 7.44. The Morgan fingerprint density at radius 2 is 1.59 bits per heavy atom. The second-order valence-electron chi connectivity index (χ2n) is 8.11. The minimum Gasteiger partial charge on any atom is -0.414 e. The van der Waals surface area contributed by atoms with Crippen molar-refractivity contribution in [2.24, 2.45) is 5.92 Å². The van der Waals surface area contributed by atoms with Gasteiger partial charge in [0.2, 0.25) is 0 Å². The van der Waals surface area contributed by atoms with Crippen LogP contribution in [-0.2, 0) is 18.2 Å². The summed E-state index contributed by atoms with van der Waals surface area (Å²) in [5, 5.41) is 0. The zero-order valence-electron chi connectivity index (χ0n) is 18.9. The lowest BCUT2D eigenvalue weighted by Crippen LogP contribution is -2.42. The summed E-state index contributed by atoms with van der Waals surface area (Å²) < 4.78 is 27.1. The zero-order chi connectivity index (χ0) is 20.8. The molecule has 8 heteroatoms. The Hall–Kier alpha value is 0.512. The smallest absolute Gasteiger partial charge is 0.259 e. The fourth-order valence-electron chi connectivity index (χ4n) is 3.81. The van der Waals surface area contributed by atoms with Crippen LogP contribution in [0.3, 0.4) is 0 Å². The molecular weight excluding hydrogens is 376 g/mol. The first-order valence-electron chi connectivity index (χ1n) is 10.5. The van der Waals surface area contributed by atoms with Gasteiger partial charge in [0.1, 0.15) is 14.0 Å². The van der Waals surface area contributed by atoms with Crippen molar-refractivity contribution in [3.05, 3.63) is 0 Å². The fraction of sp³-hybridized carbons (Fsp3) is 1.00. The number of nitrogens with zero attached hydrogens (tertiary/aromatic N) is 1. The van der Waals surface area contributed by atoms with Crippen LogP contribution in [0, 0.1) is 5.92 Å². The highest BCUT2D eigenvalue weighted by atomic mass is 31.2. The second-order valence-corrected chi connectivity index (χ2v) is 14.4. The molecule has 1 saturated heterocycles. The van der Waals surface area contributed by atoms with E-state index in [0.29, 0.717) is 18.7 Å². The molecule has 0 amide bonds. The van der Waals surface area contributed by atoms with E-state index in [4.69, 9.17) is 26.1 Å². The molecule has 0 aliphatic carbocycles. The van der Waals surface area contributed by atoms with E-state index in [1.165, 1.54) is 0 Å². The zero-order valence-corrected chi connectivity index (χ0v) is 20.8. The molecule has 5 atom stereocenters. The quantitative estimate of drug-likeness (QED) is 0.333. The standard InChI is InChI=1S/C19H41BNO4PSi/c1-10-27(11-2,12-3)23-13-17-18(16(8)19(20)24-17)25-26(22-9)21(14(4)5)15(6)7/h14-19H,10-13H2,1-9H3/t16?,17?,18?,19-,26?/m1/s1. The average Bonchev–Trinajstić information content (AvgIpc) is 2.89. The molecule has 0 N–H and O–H groups in total. The van der Waals surface area contributed by atoms with Gasteiger partial charge in [-0.15, -0.1) is 0 Å². The van der Waals surface area contributed by atoms with Crippen molar-refractivity contribution in [2.75, 3.05) is 13.7 Å². The minimum atomic E-state index is -1.68. The minimum absolute atomic E-state index is 0.0980. The molecular formula is C19H41BNO4PSi. The Labute approximate surface area is 171 Å². The summed E-state index contributed by atoms with van der Waals surface area (Å²) in [5.74, 6) is 0.0980. The Bertz CT molecular complexity index is 412. The SMILES string of the molecule is [B][C@@H]1OC(CO[Si](CC)(CC)CC)C(OP(OC)N(C(C)C)C(C)C)C1C. The molecule has 4 unspecified atom stereocenters. The molecule has 1 heterocycles. The molecule has 0 aromatic carbocycles. The summed E-state index contributed by atoms with van der Waals surface area (Å²) >= 11 is 0. The van der Waals surface area contributed by atoms with Crippen LogP contribution in [0.15, 0.2) is 0 Å². The maximum absolute atomic E-state index is 6.51. The summed E-state index contributed by atoms with van der Waals surface area (Å²) in [6, 6.07) is 3.71. The average molecular weight is 417 g/mol. The first-order chi connectivity index (χ1) is 12.7. The Balaban J connectivity index is 2.90. The number of ether oxygens (including phenoxy) is 1. The first kappa shape index (κ1) is 25.5. The van der Waals surface area contributed by atoms with Crippen molar-refractivity contribution in [1.29, 1.82) is 0 Å². The second kappa shape index (κ2) is 11.6. The predicted molar refractivity (Wildman–Crippen MR) is 118 cm³/mol. The van der Waals surface area contributed by atoms with E-state index < -0.39 is 16.8 Å². The Morgan fingerprint density at radius 3 is 2.00 bits per heavy atom. The summed E-state index contributed by atoms with van der Waals surface area (Å²) in [5.41, 5.74) is 0. The molecule has 0 saturated carbocycles. The number of hydrogen-bond acceptors (Lipinski definition) is 5. The summed E-state index contributed by atoms with van der Waals surface area (Å²) in [7, 11) is 5.08. The molecule has 0 aromatic heterocycles. The van der Waals surface area contributed by atoms with E-state index in [2.05, 4.69) is 60.1 Å². The van der Waals surface area contributed by atoms with Gasteiger partial charge in [0.15, 0.2) is 8.32 Å². The topological polar surface area (TPSA) is 40.2 Å². The third-order valence-corrected chi connectivity index (χ3v) is 12.5. The molecule has 0 bridgehead atoms. The lowest BCUT2D eigenvalue weighted by molar-refractivity contribution is 0.00283. The van der Waals surface area contributed by atoms with Gasteiger partial charge < -0.3 is 18.2 Å². The van der Waals surface area contributed by atoms with Crippen LogP contribution in [0.4, 0.5) is 0 Å². The summed E-state index contributed by atoms with van der Waals surface area (Å²) in [6.45, 7) is 18.0. The summed E-state index contributed by atoms with van der Waals surface area (Å²) in [6.07, 6.45) is -0.267. The van der Waals surface area contributed by atoms with Crippen molar-refractivity contribution in [3.63, 3.8) is 0 Å². The molecule has 1 rings (SSSR count). The third kappa shape index (κ3) is 6.50. The van der Waals surface area contributed by atoms with Crippen LogP contribution < -0.4 is 0 Å². The molecule has 27 heavy (non-hydrogen) atoms. The van der Waals surface area contributed by atoms with Gasteiger partial charge in [-0.1, -0.05) is 27.7 Å². The molecule has 2 radical (unpaired) electrons. The lowest BCUT2D eigenvalue weighted by Gasteiger charge is -2.38. The van der Waals surface area contributed by atoms with Crippen LogP contribution >= 0.6 is 8.53 Å². The van der Waals surface area contributed by atoms with Gasteiger partial charge >= 0.3 is 0 Å². The molecule has 158 valence electrons. The maximum Gasteiger partial charge on any atom is 0.259 e.